The largest absolute Gasteiger partial charge is 0.380 e. The molecule has 2 heterocycles. The molecule has 1 atom stereocenters. The Hall–Kier alpha value is -1.36. The lowest BCUT2D eigenvalue weighted by Crippen LogP contribution is -2.36. The van der Waals surface area contributed by atoms with Crippen molar-refractivity contribution in [3.63, 3.8) is 0 Å². The van der Waals surface area contributed by atoms with Crippen molar-refractivity contribution < 1.29 is 4.74 Å². The lowest BCUT2D eigenvalue weighted by atomic mass is 10.1. The maximum atomic E-state index is 5.95. The summed E-state index contributed by atoms with van der Waals surface area (Å²) in [6.07, 6.45) is 2.34. The fourth-order valence-electron chi connectivity index (χ4n) is 3.05. The van der Waals surface area contributed by atoms with E-state index in [1.54, 1.807) is 0 Å². The van der Waals surface area contributed by atoms with Gasteiger partial charge in [-0.05, 0) is 44.4 Å². The summed E-state index contributed by atoms with van der Waals surface area (Å²) in [5, 5.41) is 9.08. The number of halogens is 1. The molecule has 23 heavy (non-hydrogen) atoms. The first-order chi connectivity index (χ1) is 11.1. The van der Waals surface area contributed by atoms with Gasteiger partial charge in [0.2, 0.25) is 0 Å². The number of rotatable bonds is 5. The molecule has 0 saturated carbocycles. The van der Waals surface area contributed by atoms with Gasteiger partial charge < -0.3 is 10.1 Å². The standard InChI is InChI=1S/C18H24ClN3O/c1-13-18(10-20-17-4-3-9-23-12-17)14(2)22(21-13)11-15-5-7-16(19)8-6-15/h5-8,17,20H,3-4,9-12H2,1-2H3. The molecule has 1 saturated heterocycles. The van der Waals surface area contributed by atoms with Crippen LogP contribution in [0.2, 0.25) is 5.02 Å². The summed E-state index contributed by atoms with van der Waals surface area (Å²) < 4.78 is 7.61. The third-order valence-electron chi connectivity index (χ3n) is 4.50. The SMILES string of the molecule is Cc1nn(Cc2ccc(Cl)cc2)c(C)c1CNC1CCCOC1. The van der Waals surface area contributed by atoms with Crippen LogP contribution in [-0.4, -0.2) is 29.0 Å². The van der Waals surface area contributed by atoms with Crippen LogP contribution in [0.4, 0.5) is 0 Å². The van der Waals surface area contributed by atoms with E-state index in [2.05, 4.69) is 36.0 Å². The van der Waals surface area contributed by atoms with Crippen molar-refractivity contribution in [1.82, 2.24) is 15.1 Å². The number of aromatic nitrogens is 2. The van der Waals surface area contributed by atoms with Crippen molar-refractivity contribution in [2.24, 2.45) is 0 Å². The van der Waals surface area contributed by atoms with Crippen LogP contribution in [0.3, 0.4) is 0 Å². The Morgan fingerprint density at radius 1 is 1.30 bits per heavy atom. The first-order valence-corrected chi connectivity index (χ1v) is 8.59. The molecule has 124 valence electrons. The Morgan fingerprint density at radius 2 is 2.09 bits per heavy atom. The van der Waals surface area contributed by atoms with E-state index in [1.807, 2.05) is 12.1 Å². The molecule has 0 amide bonds. The molecule has 0 bridgehead atoms. The van der Waals surface area contributed by atoms with Crippen LogP contribution in [0.15, 0.2) is 24.3 Å². The zero-order valence-corrected chi connectivity index (χ0v) is 14.6. The minimum Gasteiger partial charge on any atom is -0.380 e. The maximum absolute atomic E-state index is 5.95. The number of aryl methyl sites for hydroxylation is 1. The molecule has 1 N–H and O–H groups in total. The average Bonchev–Trinajstić information content (AvgIpc) is 2.82. The van der Waals surface area contributed by atoms with Crippen LogP contribution < -0.4 is 5.32 Å². The molecule has 1 unspecified atom stereocenters. The van der Waals surface area contributed by atoms with Gasteiger partial charge >= 0.3 is 0 Å². The van der Waals surface area contributed by atoms with Crippen molar-refractivity contribution in [2.75, 3.05) is 13.2 Å². The first-order valence-electron chi connectivity index (χ1n) is 8.22. The normalized spacial score (nSPS) is 18.3. The van der Waals surface area contributed by atoms with Gasteiger partial charge in [-0.1, -0.05) is 23.7 Å². The van der Waals surface area contributed by atoms with E-state index in [9.17, 15) is 0 Å². The van der Waals surface area contributed by atoms with Crippen LogP contribution in [0.25, 0.3) is 0 Å². The highest BCUT2D eigenvalue weighted by Gasteiger charge is 2.16. The molecular formula is C18H24ClN3O. The number of ether oxygens (including phenoxy) is 1. The molecule has 0 spiro atoms. The predicted octanol–water partition coefficient (Wildman–Crippen LogP) is 3.47. The van der Waals surface area contributed by atoms with Crippen LogP contribution in [0.5, 0.6) is 0 Å². The van der Waals surface area contributed by atoms with Crippen LogP contribution in [0, 0.1) is 13.8 Å². The second-order valence-corrected chi connectivity index (χ2v) is 6.66. The lowest BCUT2D eigenvalue weighted by molar-refractivity contribution is 0.0699. The van der Waals surface area contributed by atoms with Crippen molar-refractivity contribution in [3.05, 3.63) is 51.8 Å². The quantitative estimate of drug-likeness (QED) is 0.910. The highest BCUT2D eigenvalue weighted by molar-refractivity contribution is 6.30. The van der Waals surface area contributed by atoms with E-state index in [-0.39, 0.29) is 0 Å². The molecule has 1 aliphatic rings. The zero-order chi connectivity index (χ0) is 16.2. The molecule has 0 radical (unpaired) electrons. The summed E-state index contributed by atoms with van der Waals surface area (Å²) >= 11 is 5.95. The minimum absolute atomic E-state index is 0.460. The number of nitrogens with zero attached hydrogens (tertiary/aromatic N) is 2. The number of nitrogens with one attached hydrogen (secondary N) is 1. The van der Waals surface area contributed by atoms with E-state index in [0.29, 0.717) is 6.04 Å². The van der Waals surface area contributed by atoms with Crippen LogP contribution >= 0.6 is 11.6 Å². The van der Waals surface area contributed by atoms with E-state index in [0.717, 1.165) is 43.4 Å². The van der Waals surface area contributed by atoms with E-state index >= 15 is 0 Å². The van der Waals surface area contributed by atoms with E-state index < -0.39 is 0 Å². The second kappa shape index (κ2) is 7.47. The summed E-state index contributed by atoms with van der Waals surface area (Å²) in [5.74, 6) is 0. The smallest absolute Gasteiger partial charge is 0.0662 e. The Morgan fingerprint density at radius 3 is 2.78 bits per heavy atom. The van der Waals surface area contributed by atoms with Crippen molar-refractivity contribution in [3.8, 4) is 0 Å². The monoisotopic (exact) mass is 333 g/mol. The van der Waals surface area contributed by atoms with Gasteiger partial charge in [0.15, 0.2) is 0 Å². The maximum Gasteiger partial charge on any atom is 0.0662 e. The zero-order valence-electron chi connectivity index (χ0n) is 13.8. The third kappa shape index (κ3) is 4.14. The van der Waals surface area contributed by atoms with Gasteiger partial charge in [-0.15, -0.1) is 0 Å². The van der Waals surface area contributed by atoms with E-state index in [4.69, 9.17) is 21.4 Å². The molecule has 1 aliphatic heterocycles. The van der Waals surface area contributed by atoms with Gasteiger partial charge in [0.25, 0.3) is 0 Å². The van der Waals surface area contributed by atoms with Gasteiger partial charge in [-0.25, -0.2) is 0 Å². The summed E-state index contributed by atoms with van der Waals surface area (Å²) in [5.41, 5.74) is 4.83. The lowest BCUT2D eigenvalue weighted by Gasteiger charge is -2.23. The highest BCUT2D eigenvalue weighted by atomic mass is 35.5. The molecular weight excluding hydrogens is 310 g/mol. The Labute approximate surface area is 142 Å². The summed E-state index contributed by atoms with van der Waals surface area (Å²) in [4.78, 5) is 0. The molecule has 1 aromatic carbocycles. The summed E-state index contributed by atoms with van der Waals surface area (Å²) in [6.45, 7) is 7.57. The molecule has 1 aromatic heterocycles. The third-order valence-corrected chi connectivity index (χ3v) is 4.76. The van der Waals surface area contributed by atoms with Crippen molar-refractivity contribution in [1.29, 1.82) is 0 Å². The van der Waals surface area contributed by atoms with Gasteiger partial charge in [-0.3, -0.25) is 4.68 Å². The van der Waals surface area contributed by atoms with E-state index in [1.165, 1.54) is 23.2 Å². The van der Waals surface area contributed by atoms with Gasteiger partial charge in [0, 0.05) is 35.5 Å². The number of hydrogen-bond acceptors (Lipinski definition) is 3. The first kappa shape index (κ1) is 16.5. The molecule has 2 aromatic rings. The Bertz CT molecular complexity index is 645. The molecule has 3 rings (SSSR count). The van der Waals surface area contributed by atoms with Gasteiger partial charge in [0.05, 0.1) is 18.8 Å². The molecule has 0 aliphatic carbocycles. The van der Waals surface area contributed by atoms with Gasteiger partial charge in [0.1, 0.15) is 0 Å². The van der Waals surface area contributed by atoms with Crippen LogP contribution in [-0.2, 0) is 17.8 Å². The summed E-state index contributed by atoms with van der Waals surface area (Å²) in [6, 6.07) is 8.41. The molecule has 5 heteroatoms. The fraction of sp³-hybridized carbons (Fsp3) is 0.500. The predicted molar refractivity (Wildman–Crippen MR) is 92.9 cm³/mol. The molecule has 4 nitrogen and oxygen atoms in total. The average molecular weight is 334 g/mol. The molecule has 1 fully saturated rings. The van der Waals surface area contributed by atoms with Crippen molar-refractivity contribution in [2.45, 2.75) is 45.8 Å². The van der Waals surface area contributed by atoms with Crippen molar-refractivity contribution >= 4 is 11.6 Å². The fourth-order valence-corrected chi connectivity index (χ4v) is 3.18. The number of hydrogen-bond donors (Lipinski definition) is 1. The van der Waals surface area contributed by atoms with Crippen LogP contribution in [0.1, 0.15) is 35.4 Å². The second-order valence-electron chi connectivity index (χ2n) is 6.23. The summed E-state index contributed by atoms with van der Waals surface area (Å²) in [7, 11) is 0. The Kier molecular flexibility index (Phi) is 5.36. The topological polar surface area (TPSA) is 39.1 Å². The Balaban J connectivity index is 1.67. The minimum atomic E-state index is 0.460. The highest BCUT2D eigenvalue weighted by Crippen LogP contribution is 2.17. The number of benzene rings is 1. The van der Waals surface area contributed by atoms with Gasteiger partial charge in [-0.2, -0.15) is 5.10 Å².